The summed E-state index contributed by atoms with van der Waals surface area (Å²) in [6.45, 7) is 1.82. The molecule has 0 saturated heterocycles. The van der Waals surface area contributed by atoms with Crippen molar-refractivity contribution in [1.82, 2.24) is 10.1 Å². The molecule has 0 aliphatic rings. The van der Waals surface area contributed by atoms with Crippen molar-refractivity contribution in [3.05, 3.63) is 47.2 Å². The van der Waals surface area contributed by atoms with Crippen molar-refractivity contribution in [2.45, 2.75) is 13.5 Å². The highest BCUT2D eigenvalue weighted by molar-refractivity contribution is 8.00. The van der Waals surface area contributed by atoms with E-state index in [1.165, 1.54) is 11.3 Å². The molecule has 0 spiro atoms. The third-order valence-electron chi connectivity index (χ3n) is 3.60. The maximum Gasteiger partial charge on any atom is 0.316 e. The quantitative estimate of drug-likeness (QED) is 0.511. The van der Waals surface area contributed by atoms with Gasteiger partial charge in [-0.1, -0.05) is 17.3 Å². The number of ether oxygens (including phenoxy) is 2. The summed E-state index contributed by atoms with van der Waals surface area (Å²) in [5, 5.41) is 8.93. The molecule has 0 atom stereocenters. The van der Waals surface area contributed by atoms with Gasteiger partial charge in [0.2, 0.25) is 5.91 Å². The number of anilines is 1. The minimum Gasteiger partial charge on any atom is -0.497 e. The number of aromatic nitrogens is 2. The maximum atomic E-state index is 11.9. The Balaban J connectivity index is 1.39. The molecule has 8 nitrogen and oxygen atoms in total. The molecule has 0 saturated carbocycles. The number of hydrogen-bond acceptors (Lipinski definition) is 9. The van der Waals surface area contributed by atoms with Crippen molar-refractivity contribution < 1.29 is 23.6 Å². The van der Waals surface area contributed by atoms with E-state index < -0.39 is 5.97 Å². The van der Waals surface area contributed by atoms with Crippen LogP contribution in [-0.4, -0.2) is 40.6 Å². The molecule has 1 amide bonds. The molecule has 10 heteroatoms. The van der Waals surface area contributed by atoms with Crippen molar-refractivity contribution in [2.75, 3.05) is 23.9 Å². The van der Waals surface area contributed by atoms with Crippen molar-refractivity contribution in [2.24, 2.45) is 0 Å². The first-order valence-electron chi connectivity index (χ1n) is 8.59. The van der Waals surface area contributed by atoms with E-state index in [9.17, 15) is 9.59 Å². The van der Waals surface area contributed by atoms with Crippen LogP contribution in [0.25, 0.3) is 10.6 Å². The predicted molar refractivity (Wildman–Crippen MR) is 111 cm³/mol. The van der Waals surface area contributed by atoms with E-state index in [0.717, 1.165) is 28.1 Å². The Bertz CT molecular complexity index is 986. The van der Waals surface area contributed by atoms with Crippen molar-refractivity contribution in [3.8, 4) is 16.3 Å². The summed E-state index contributed by atoms with van der Waals surface area (Å²) < 4.78 is 15.3. The Labute approximate surface area is 175 Å². The van der Waals surface area contributed by atoms with Crippen LogP contribution in [-0.2, 0) is 20.9 Å². The lowest BCUT2D eigenvalue weighted by Gasteiger charge is -2.03. The summed E-state index contributed by atoms with van der Waals surface area (Å²) in [6, 6.07) is 9.22. The van der Waals surface area contributed by atoms with Gasteiger partial charge in [-0.05, 0) is 19.1 Å². The number of aryl methyl sites for hydroxylation is 1. The summed E-state index contributed by atoms with van der Waals surface area (Å²) in [6.07, 6.45) is 0. The van der Waals surface area contributed by atoms with Crippen LogP contribution >= 0.6 is 23.1 Å². The standard InChI is InChI=1S/C19H19N3O5S2/c1-12-6-16(22-27-12)21-17(23)10-28-11-18(24)26-8-14-9-29-19(20-14)13-4-3-5-15(7-13)25-2/h3-7,9H,8,10-11H2,1-2H3,(H,21,22,23). The van der Waals surface area contributed by atoms with E-state index in [0.29, 0.717) is 17.3 Å². The second-order valence-electron chi connectivity index (χ2n) is 5.90. The number of nitrogens with one attached hydrogen (secondary N) is 1. The number of hydrogen-bond donors (Lipinski definition) is 1. The number of carbonyl (C=O) groups excluding carboxylic acids is 2. The lowest BCUT2D eigenvalue weighted by Crippen LogP contribution is -2.16. The zero-order chi connectivity index (χ0) is 20.6. The second-order valence-corrected chi connectivity index (χ2v) is 7.74. The van der Waals surface area contributed by atoms with E-state index in [4.69, 9.17) is 14.0 Å². The van der Waals surface area contributed by atoms with E-state index in [1.807, 2.05) is 29.6 Å². The smallest absolute Gasteiger partial charge is 0.316 e. The molecule has 29 heavy (non-hydrogen) atoms. The molecular formula is C19H19N3O5S2. The van der Waals surface area contributed by atoms with Gasteiger partial charge in [-0.3, -0.25) is 9.59 Å². The van der Waals surface area contributed by atoms with Crippen LogP contribution in [0.3, 0.4) is 0 Å². The third kappa shape index (κ3) is 6.33. The normalized spacial score (nSPS) is 10.6. The lowest BCUT2D eigenvalue weighted by atomic mass is 10.2. The minimum atomic E-state index is -0.406. The lowest BCUT2D eigenvalue weighted by molar-refractivity contribution is -0.141. The molecule has 152 valence electrons. The topological polar surface area (TPSA) is 104 Å². The summed E-state index contributed by atoms with van der Waals surface area (Å²) in [7, 11) is 1.61. The van der Waals surface area contributed by atoms with E-state index >= 15 is 0 Å². The molecule has 0 aliphatic carbocycles. The largest absolute Gasteiger partial charge is 0.497 e. The van der Waals surface area contributed by atoms with Crippen LogP contribution in [0.15, 0.2) is 40.2 Å². The number of thiazole rings is 1. The molecule has 2 aromatic heterocycles. The maximum absolute atomic E-state index is 11.9. The third-order valence-corrected chi connectivity index (χ3v) is 5.44. The zero-order valence-electron chi connectivity index (χ0n) is 15.8. The highest BCUT2D eigenvalue weighted by atomic mass is 32.2. The van der Waals surface area contributed by atoms with Crippen molar-refractivity contribution >= 4 is 40.8 Å². The molecule has 3 rings (SSSR count). The van der Waals surface area contributed by atoms with E-state index in [2.05, 4.69) is 15.5 Å². The van der Waals surface area contributed by atoms with Crippen molar-refractivity contribution in [3.63, 3.8) is 0 Å². The summed E-state index contributed by atoms with van der Waals surface area (Å²) in [4.78, 5) is 28.1. The average Bonchev–Trinajstić information content (AvgIpc) is 3.35. The van der Waals surface area contributed by atoms with Gasteiger partial charge in [0.15, 0.2) is 5.82 Å². The van der Waals surface area contributed by atoms with Gasteiger partial charge in [-0.15, -0.1) is 23.1 Å². The van der Waals surface area contributed by atoms with Crippen LogP contribution in [0.5, 0.6) is 5.75 Å². The summed E-state index contributed by atoms with van der Waals surface area (Å²) >= 11 is 2.63. The van der Waals surface area contributed by atoms with Gasteiger partial charge in [-0.2, -0.15) is 0 Å². The van der Waals surface area contributed by atoms with Gasteiger partial charge in [0.1, 0.15) is 23.1 Å². The average molecular weight is 434 g/mol. The van der Waals surface area contributed by atoms with Crippen LogP contribution in [0, 0.1) is 6.92 Å². The van der Waals surface area contributed by atoms with Crippen molar-refractivity contribution in [1.29, 1.82) is 0 Å². The van der Waals surface area contributed by atoms with E-state index in [-0.39, 0.29) is 24.0 Å². The Morgan fingerprint density at radius 1 is 1.28 bits per heavy atom. The highest BCUT2D eigenvalue weighted by Gasteiger charge is 2.11. The molecule has 1 aromatic carbocycles. The summed E-state index contributed by atoms with van der Waals surface area (Å²) in [5.41, 5.74) is 1.61. The van der Waals surface area contributed by atoms with E-state index in [1.54, 1.807) is 20.1 Å². The van der Waals surface area contributed by atoms with Crippen LogP contribution in [0.1, 0.15) is 11.5 Å². The fraction of sp³-hybridized carbons (Fsp3) is 0.263. The second kappa shape index (κ2) is 10.1. The number of esters is 1. The molecule has 1 N–H and O–H groups in total. The fourth-order valence-electron chi connectivity index (χ4n) is 2.29. The molecule has 0 radical (unpaired) electrons. The molecule has 0 aliphatic heterocycles. The van der Waals surface area contributed by atoms with Gasteiger partial charge < -0.3 is 19.3 Å². The zero-order valence-corrected chi connectivity index (χ0v) is 17.5. The first kappa shape index (κ1) is 20.9. The monoisotopic (exact) mass is 433 g/mol. The molecular weight excluding hydrogens is 414 g/mol. The Hall–Kier alpha value is -2.85. The molecule has 0 bridgehead atoms. The van der Waals surface area contributed by atoms with Gasteiger partial charge in [0.25, 0.3) is 0 Å². The molecule has 2 heterocycles. The molecule has 0 fully saturated rings. The molecule has 0 unspecified atom stereocenters. The number of carbonyl (C=O) groups is 2. The Kier molecular flexibility index (Phi) is 7.25. The number of benzene rings is 1. The van der Waals surface area contributed by atoms with Gasteiger partial charge >= 0.3 is 5.97 Å². The van der Waals surface area contributed by atoms with Gasteiger partial charge in [-0.25, -0.2) is 4.98 Å². The van der Waals surface area contributed by atoms with Gasteiger partial charge in [0.05, 0.1) is 24.3 Å². The first-order chi connectivity index (χ1) is 14.0. The molecule has 3 aromatic rings. The van der Waals surface area contributed by atoms with Crippen LogP contribution < -0.4 is 10.1 Å². The van der Waals surface area contributed by atoms with Gasteiger partial charge in [0, 0.05) is 17.0 Å². The number of methoxy groups -OCH3 is 1. The van der Waals surface area contributed by atoms with Crippen LogP contribution in [0.2, 0.25) is 0 Å². The highest BCUT2D eigenvalue weighted by Crippen LogP contribution is 2.27. The Morgan fingerprint density at radius 2 is 2.14 bits per heavy atom. The SMILES string of the molecule is COc1cccc(-c2nc(COC(=O)CSCC(=O)Nc3cc(C)on3)cs2)c1. The Morgan fingerprint density at radius 3 is 2.90 bits per heavy atom. The predicted octanol–water partition coefficient (Wildman–Crippen LogP) is 3.53. The number of thioether (sulfide) groups is 1. The summed E-state index contributed by atoms with van der Waals surface area (Å²) in [5.74, 6) is 1.22. The number of rotatable bonds is 9. The number of nitrogens with zero attached hydrogens (tertiary/aromatic N) is 2. The fourth-order valence-corrected chi connectivity index (χ4v) is 3.70. The minimum absolute atomic E-state index is 0.0676. The van der Waals surface area contributed by atoms with Crippen LogP contribution in [0.4, 0.5) is 5.82 Å². The first-order valence-corrected chi connectivity index (χ1v) is 10.6. The number of amides is 1.